The highest BCUT2D eigenvalue weighted by molar-refractivity contribution is 5.99. The molecule has 1 amide bonds. The summed E-state index contributed by atoms with van der Waals surface area (Å²) in [6.07, 6.45) is 3.31. The monoisotopic (exact) mass is 305 g/mol. The summed E-state index contributed by atoms with van der Waals surface area (Å²) in [6, 6.07) is 2.01. The van der Waals surface area contributed by atoms with Gasteiger partial charge in [0.1, 0.15) is 0 Å². The van der Waals surface area contributed by atoms with Crippen molar-refractivity contribution < 1.29 is 19.0 Å². The number of methoxy groups -OCH3 is 3. The van der Waals surface area contributed by atoms with Gasteiger partial charge in [-0.05, 0) is 44.4 Å². The zero-order chi connectivity index (χ0) is 16.3. The van der Waals surface area contributed by atoms with Crippen LogP contribution >= 0.6 is 0 Å². The van der Waals surface area contributed by atoms with Crippen molar-refractivity contribution in [2.24, 2.45) is 0 Å². The molecule has 1 aliphatic rings. The van der Waals surface area contributed by atoms with Gasteiger partial charge < -0.3 is 19.5 Å². The molecule has 0 aromatic heterocycles. The Balaban J connectivity index is 2.47. The second kappa shape index (κ2) is 6.73. The van der Waals surface area contributed by atoms with Crippen LogP contribution in [0.15, 0.2) is 11.6 Å². The van der Waals surface area contributed by atoms with Crippen LogP contribution < -0.4 is 19.5 Å². The molecule has 1 N–H and O–H groups in total. The van der Waals surface area contributed by atoms with Crippen molar-refractivity contribution in [2.75, 3.05) is 21.3 Å². The fourth-order valence-corrected chi connectivity index (χ4v) is 2.67. The Bertz CT molecular complexity index is 605. The number of hydrogen-bond acceptors (Lipinski definition) is 4. The molecule has 0 atom stereocenters. The minimum atomic E-state index is -0.0191. The molecule has 5 heteroatoms. The molecule has 2 rings (SSSR count). The number of rotatable bonds is 5. The molecule has 1 aromatic carbocycles. The van der Waals surface area contributed by atoms with Gasteiger partial charge in [0.2, 0.25) is 11.7 Å². The topological polar surface area (TPSA) is 56.8 Å². The molecular weight excluding hydrogens is 282 g/mol. The fourth-order valence-electron chi connectivity index (χ4n) is 2.67. The highest BCUT2D eigenvalue weighted by Gasteiger charge is 2.24. The van der Waals surface area contributed by atoms with Gasteiger partial charge in [0.25, 0.3) is 0 Å². The lowest BCUT2D eigenvalue weighted by Crippen LogP contribution is -2.32. The maximum atomic E-state index is 12.2. The summed E-state index contributed by atoms with van der Waals surface area (Å²) in [5, 5.41) is 2.93. The Kier molecular flexibility index (Phi) is 4.96. The lowest BCUT2D eigenvalue weighted by atomic mass is 9.90. The average Bonchev–Trinajstić information content (AvgIpc) is 2.51. The van der Waals surface area contributed by atoms with Crippen molar-refractivity contribution in [3.8, 4) is 17.2 Å². The molecule has 0 spiro atoms. The molecule has 5 nitrogen and oxygen atoms in total. The van der Waals surface area contributed by atoms with E-state index >= 15 is 0 Å². The van der Waals surface area contributed by atoms with Crippen molar-refractivity contribution in [3.63, 3.8) is 0 Å². The molecular formula is C17H23NO4. The fraction of sp³-hybridized carbons (Fsp3) is 0.471. The Morgan fingerprint density at radius 3 is 2.32 bits per heavy atom. The number of ether oxygens (including phenoxy) is 3. The van der Waals surface area contributed by atoms with Crippen LogP contribution in [0.4, 0.5) is 0 Å². The Morgan fingerprint density at radius 2 is 1.77 bits per heavy atom. The molecule has 22 heavy (non-hydrogen) atoms. The number of carbonyl (C=O) groups excluding carboxylic acids is 1. The van der Waals surface area contributed by atoms with Gasteiger partial charge in [-0.1, -0.05) is 0 Å². The van der Waals surface area contributed by atoms with Gasteiger partial charge in [-0.15, -0.1) is 0 Å². The molecule has 0 saturated carbocycles. The molecule has 0 unspecified atom stereocenters. The van der Waals surface area contributed by atoms with Gasteiger partial charge in [-0.25, -0.2) is 0 Å². The van der Waals surface area contributed by atoms with Crippen LogP contribution in [0.3, 0.4) is 0 Å². The van der Waals surface area contributed by atoms with E-state index in [2.05, 4.69) is 5.32 Å². The Morgan fingerprint density at radius 1 is 1.09 bits per heavy atom. The highest BCUT2D eigenvalue weighted by atomic mass is 16.5. The SMILES string of the molecule is COc1cc2c(c(OC)c1OC)CCC(C(=O)NC(C)C)=C2. The third-order valence-corrected chi connectivity index (χ3v) is 3.65. The van der Waals surface area contributed by atoms with Crippen molar-refractivity contribution in [1.29, 1.82) is 0 Å². The smallest absolute Gasteiger partial charge is 0.247 e. The molecule has 1 aliphatic carbocycles. The van der Waals surface area contributed by atoms with Crippen molar-refractivity contribution in [3.05, 3.63) is 22.8 Å². The summed E-state index contributed by atoms with van der Waals surface area (Å²) >= 11 is 0. The van der Waals surface area contributed by atoms with Crippen LogP contribution in [-0.2, 0) is 11.2 Å². The largest absolute Gasteiger partial charge is 0.493 e. The number of hydrogen-bond donors (Lipinski definition) is 1. The van der Waals surface area contributed by atoms with E-state index in [-0.39, 0.29) is 11.9 Å². The number of carbonyl (C=O) groups is 1. The quantitative estimate of drug-likeness (QED) is 0.908. The lowest BCUT2D eigenvalue weighted by molar-refractivity contribution is -0.118. The Labute approximate surface area is 131 Å². The van der Waals surface area contributed by atoms with E-state index in [1.165, 1.54) is 0 Å². The molecule has 0 bridgehead atoms. The first kappa shape index (κ1) is 16.2. The summed E-state index contributed by atoms with van der Waals surface area (Å²) in [5.74, 6) is 1.85. The van der Waals surface area contributed by atoms with Crippen molar-refractivity contribution >= 4 is 12.0 Å². The minimum absolute atomic E-state index is 0.0191. The van der Waals surface area contributed by atoms with Gasteiger partial charge >= 0.3 is 0 Å². The molecule has 0 fully saturated rings. The van der Waals surface area contributed by atoms with E-state index in [1.807, 2.05) is 26.0 Å². The summed E-state index contributed by atoms with van der Waals surface area (Å²) in [5.41, 5.74) is 2.76. The molecule has 1 aromatic rings. The van der Waals surface area contributed by atoms with Gasteiger partial charge in [-0.2, -0.15) is 0 Å². The maximum Gasteiger partial charge on any atom is 0.247 e. The number of nitrogens with one attached hydrogen (secondary N) is 1. The maximum absolute atomic E-state index is 12.2. The van der Waals surface area contributed by atoms with Crippen LogP contribution in [0.2, 0.25) is 0 Å². The average molecular weight is 305 g/mol. The van der Waals surface area contributed by atoms with E-state index in [1.54, 1.807) is 21.3 Å². The van der Waals surface area contributed by atoms with Gasteiger partial charge in [0.15, 0.2) is 11.5 Å². The molecule has 0 heterocycles. The molecule has 0 saturated heterocycles. The second-order valence-corrected chi connectivity index (χ2v) is 5.51. The number of fused-ring (bicyclic) bond motifs is 1. The first-order valence-electron chi connectivity index (χ1n) is 7.35. The van der Waals surface area contributed by atoms with E-state index in [0.29, 0.717) is 23.7 Å². The first-order chi connectivity index (χ1) is 10.5. The zero-order valence-electron chi connectivity index (χ0n) is 13.8. The molecule has 0 aliphatic heterocycles. The van der Waals surface area contributed by atoms with Crippen LogP contribution in [-0.4, -0.2) is 33.3 Å². The summed E-state index contributed by atoms with van der Waals surface area (Å²) in [7, 11) is 4.79. The Hall–Kier alpha value is -2.17. The van der Waals surface area contributed by atoms with Gasteiger partial charge in [0, 0.05) is 17.2 Å². The minimum Gasteiger partial charge on any atom is -0.493 e. The van der Waals surface area contributed by atoms with Crippen molar-refractivity contribution in [1.82, 2.24) is 5.32 Å². The molecule has 120 valence electrons. The summed E-state index contributed by atoms with van der Waals surface area (Å²) in [6.45, 7) is 3.90. The van der Waals surface area contributed by atoms with Crippen LogP contribution in [0.1, 0.15) is 31.4 Å². The van der Waals surface area contributed by atoms with E-state index in [9.17, 15) is 4.79 Å². The van der Waals surface area contributed by atoms with Gasteiger partial charge in [0.05, 0.1) is 21.3 Å². The predicted octanol–water partition coefficient (Wildman–Crippen LogP) is 2.57. The summed E-state index contributed by atoms with van der Waals surface area (Å²) < 4.78 is 16.3. The summed E-state index contributed by atoms with van der Waals surface area (Å²) in [4.78, 5) is 12.2. The van der Waals surface area contributed by atoms with Crippen LogP contribution in [0.25, 0.3) is 6.08 Å². The van der Waals surface area contributed by atoms with Crippen molar-refractivity contribution in [2.45, 2.75) is 32.7 Å². The van der Waals surface area contributed by atoms with Gasteiger partial charge in [-0.3, -0.25) is 4.79 Å². The van der Waals surface area contributed by atoms with E-state index in [0.717, 1.165) is 23.1 Å². The van der Waals surface area contributed by atoms with Crippen LogP contribution in [0.5, 0.6) is 17.2 Å². The predicted molar refractivity (Wildman–Crippen MR) is 85.7 cm³/mol. The standard InChI is InChI=1S/C17H23NO4/c1-10(2)18-17(19)11-6-7-13-12(8-11)9-14(20-3)16(22-5)15(13)21-4/h8-10H,6-7H2,1-5H3,(H,18,19). The van der Waals surface area contributed by atoms with E-state index < -0.39 is 0 Å². The second-order valence-electron chi connectivity index (χ2n) is 5.51. The first-order valence-corrected chi connectivity index (χ1v) is 7.35. The number of benzene rings is 1. The third-order valence-electron chi connectivity index (χ3n) is 3.65. The highest BCUT2D eigenvalue weighted by Crippen LogP contribution is 2.44. The third kappa shape index (κ3) is 3.03. The zero-order valence-corrected chi connectivity index (χ0v) is 13.8. The number of amides is 1. The normalized spacial score (nSPS) is 13.3. The molecule has 0 radical (unpaired) electrons. The van der Waals surface area contributed by atoms with Crippen LogP contribution in [0, 0.1) is 0 Å². The van der Waals surface area contributed by atoms with E-state index in [4.69, 9.17) is 14.2 Å². The lowest BCUT2D eigenvalue weighted by Gasteiger charge is -2.22.